The molecule has 1 aliphatic rings. The first-order valence-electron chi connectivity index (χ1n) is 9.82. The number of halogens is 3. The molecule has 0 atom stereocenters. The number of rotatable bonds is 6. The maximum Gasteiger partial charge on any atom is 0.285 e. The van der Waals surface area contributed by atoms with Gasteiger partial charge in [-0.05, 0) is 72.4 Å². The lowest BCUT2D eigenvalue weighted by molar-refractivity contribution is -0.123. The monoisotopic (exact) mass is 532 g/mol. The van der Waals surface area contributed by atoms with Gasteiger partial charge in [0.2, 0.25) is 0 Å². The lowest BCUT2D eigenvalue weighted by Gasteiger charge is -2.15. The molecule has 0 spiro atoms. The summed E-state index contributed by atoms with van der Waals surface area (Å²) in [6.07, 6.45) is 1.66. The van der Waals surface area contributed by atoms with Crippen LogP contribution in [0.2, 0.25) is 10.0 Å². The zero-order chi connectivity index (χ0) is 24.2. The Bertz CT molecular complexity index is 1280. The fourth-order valence-electron chi connectivity index (χ4n) is 2.97. The predicted octanol–water partition coefficient (Wildman–Crippen LogP) is 6.26. The number of thioether (sulfide) groups is 1. The van der Waals surface area contributed by atoms with Crippen molar-refractivity contribution in [2.45, 2.75) is 6.61 Å². The highest BCUT2D eigenvalue weighted by molar-refractivity contribution is 8.26. The number of nitrogens with one attached hydrogen (secondary N) is 1. The van der Waals surface area contributed by atoms with Crippen LogP contribution in [0.1, 0.15) is 21.5 Å². The number of thiocarbonyl (C=S) groups is 1. The zero-order valence-electron chi connectivity index (χ0n) is 17.3. The Morgan fingerprint density at radius 3 is 2.47 bits per heavy atom. The summed E-state index contributed by atoms with van der Waals surface area (Å²) in [6, 6.07) is 17.6. The summed E-state index contributed by atoms with van der Waals surface area (Å²) in [5.74, 6) is -0.842. The molecule has 34 heavy (non-hydrogen) atoms. The van der Waals surface area contributed by atoms with E-state index in [4.69, 9.17) is 40.2 Å². The summed E-state index contributed by atoms with van der Waals surface area (Å²) >= 11 is 18.2. The molecule has 0 aliphatic carbocycles. The third-order valence-corrected chi connectivity index (χ3v) is 6.64. The molecule has 2 amide bonds. The van der Waals surface area contributed by atoms with Crippen molar-refractivity contribution in [3.63, 3.8) is 0 Å². The maximum absolute atomic E-state index is 13.9. The molecule has 1 heterocycles. The summed E-state index contributed by atoms with van der Waals surface area (Å²) in [4.78, 5) is 25.6. The summed E-state index contributed by atoms with van der Waals surface area (Å²) < 4.78 is 19.7. The average Bonchev–Trinajstić information content (AvgIpc) is 3.07. The Labute approximate surface area is 214 Å². The third kappa shape index (κ3) is 5.59. The van der Waals surface area contributed by atoms with Gasteiger partial charge in [0, 0.05) is 16.1 Å². The minimum absolute atomic E-state index is 0.0170. The number of ether oxygens (including phenoxy) is 1. The van der Waals surface area contributed by atoms with Crippen molar-refractivity contribution in [1.29, 1.82) is 0 Å². The third-order valence-electron chi connectivity index (χ3n) is 4.74. The minimum atomic E-state index is -0.481. The van der Waals surface area contributed by atoms with E-state index in [0.717, 1.165) is 22.3 Å². The number of hydrogen-bond acceptors (Lipinski definition) is 5. The summed E-state index contributed by atoms with van der Waals surface area (Å²) in [6.45, 7) is -0.0170. The SMILES string of the molecule is O=C(NN1C(=O)/C(=C/c2ccc(OCc3c(F)cccc3Cl)cc2)SC1=S)c1ccc(Cl)cc1. The van der Waals surface area contributed by atoms with E-state index in [-0.39, 0.29) is 16.5 Å². The summed E-state index contributed by atoms with van der Waals surface area (Å²) in [7, 11) is 0. The standard InChI is InChI=1S/C24H15Cl2FN2O3S2/c25-16-8-6-15(7-9-16)22(30)28-29-23(31)21(34-24(29)33)12-14-4-10-17(11-5-14)32-13-18-19(26)2-1-3-20(18)27/h1-12H,13H2,(H,28,30)/b21-12-. The van der Waals surface area contributed by atoms with Gasteiger partial charge in [0.1, 0.15) is 18.2 Å². The van der Waals surface area contributed by atoms with Gasteiger partial charge in [-0.25, -0.2) is 4.39 Å². The van der Waals surface area contributed by atoms with E-state index >= 15 is 0 Å². The molecule has 0 unspecified atom stereocenters. The Balaban J connectivity index is 1.40. The van der Waals surface area contributed by atoms with Gasteiger partial charge < -0.3 is 4.74 Å². The van der Waals surface area contributed by atoms with Crippen LogP contribution >= 0.6 is 47.2 Å². The first kappa shape index (κ1) is 24.2. The van der Waals surface area contributed by atoms with Gasteiger partial charge in [-0.15, -0.1) is 0 Å². The van der Waals surface area contributed by atoms with E-state index < -0.39 is 17.6 Å². The normalized spacial score (nSPS) is 14.6. The molecule has 3 aromatic rings. The summed E-state index contributed by atoms with van der Waals surface area (Å²) in [5.41, 5.74) is 3.86. The van der Waals surface area contributed by atoms with E-state index in [0.29, 0.717) is 26.3 Å². The number of benzene rings is 3. The molecule has 172 valence electrons. The predicted molar refractivity (Wildman–Crippen MR) is 136 cm³/mol. The fourth-order valence-corrected chi connectivity index (χ4v) is 4.49. The van der Waals surface area contributed by atoms with E-state index in [1.54, 1.807) is 60.7 Å². The van der Waals surface area contributed by atoms with Crippen LogP contribution in [0, 0.1) is 5.82 Å². The number of carbonyl (C=O) groups is 2. The molecule has 10 heteroatoms. The number of hydrogen-bond donors (Lipinski definition) is 1. The van der Waals surface area contributed by atoms with Gasteiger partial charge in [0.05, 0.1) is 9.93 Å². The molecule has 1 N–H and O–H groups in total. The van der Waals surface area contributed by atoms with Crippen LogP contribution in [0.15, 0.2) is 71.6 Å². The first-order valence-corrected chi connectivity index (χ1v) is 11.8. The van der Waals surface area contributed by atoms with Gasteiger partial charge in [0.15, 0.2) is 4.32 Å². The van der Waals surface area contributed by atoms with Crippen LogP contribution in [0.25, 0.3) is 6.08 Å². The van der Waals surface area contributed by atoms with Crippen LogP contribution in [0.5, 0.6) is 5.75 Å². The highest BCUT2D eigenvalue weighted by Gasteiger charge is 2.33. The quantitative estimate of drug-likeness (QED) is 0.300. The van der Waals surface area contributed by atoms with Crippen molar-refractivity contribution in [2.24, 2.45) is 0 Å². The topological polar surface area (TPSA) is 58.6 Å². The highest BCUT2D eigenvalue weighted by atomic mass is 35.5. The Kier molecular flexibility index (Phi) is 7.53. The molecule has 1 fully saturated rings. The molecule has 0 aromatic heterocycles. The van der Waals surface area contributed by atoms with Crippen LogP contribution in [-0.4, -0.2) is 21.1 Å². The van der Waals surface area contributed by atoms with E-state index in [1.165, 1.54) is 12.1 Å². The molecule has 4 rings (SSSR count). The second-order valence-electron chi connectivity index (χ2n) is 7.02. The molecule has 1 aliphatic heterocycles. The molecular weight excluding hydrogens is 518 g/mol. The van der Waals surface area contributed by atoms with Crippen LogP contribution in [0.4, 0.5) is 4.39 Å². The second kappa shape index (κ2) is 10.6. The van der Waals surface area contributed by atoms with Crippen molar-refractivity contribution in [2.75, 3.05) is 0 Å². The Hall–Kier alpha value is -2.91. The van der Waals surface area contributed by atoms with Crippen molar-refractivity contribution >= 4 is 69.4 Å². The van der Waals surface area contributed by atoms with E-state index in [1.807, 2.05) is 0 Å². The van der Waals surface area contributed by atoms with Crippen molar-refractivity contribution in [3.05, 3.63) is 104 Å². The van der Waals surface area contributed by atoms with Crippen molar-refractivity contribution in [1.82, 2.24) is 10.4 Å². The molecule has 1 saturated heterocycles. The molecule has 0 saturated carbocycles. The van der Waals surface area contributed by atoms with Crippen LogP contribution in [-0.2, 0) is 11.4 Å². The smallest absolute Gasteiger partial charge is 0.285 e. The lowest BCUT2D eigenvalue weighted by Crippen LogP contribution is -2.44. The van der Waals surface area contributed by atoms with Gasteiger partial charge in [-0.2, -0.15) is 5.01 Å². The lowest BCUT2D eigenvalue weighted by atomic mass is 10.2. The summed E-state index contributed by atoms with van der Waals surface area (Å²) in [5, 5.41) is 1.83. The van der Waals surface area contributed by atoms with Gasteiger partial charge in [-0.1, -0.05) is 53.2 Å². The molecular formula is C24H15Cl2FN2O3S2. The van der Waals surface area contributed by atoms with Gasteiger partial charge in [-0.3, -0.25) is 15.0 Å². The van der Waals surface area contributed by atoms with E-state index in [9.17, 15) is 14.0 Å². The van der Waals surface area contributed by atoms with Crippen LogP contribution < -0.4 is 10.2 Å². The molecule has 5 nitrogen and oxygen atoms in total. The molecule has 3 aromatic carbocycles. The van der Waals surface area contributed by atoms with Crippen molar-refractivity contribution in [3.8, 4) is 5.75 Å². The second-order valence-corrected chi connectivity index (χ2v) is 9.54. The number of nitrogens with zero attached hydrogens (tertiary/aromatic N) is 1. The maximum atomic E-state index is 13.9. The van der Waals surface area contributed by atoms with Crippen molar-refractivity contribution < 1.29 is 18.7 Å². The Morgan fingerprint density at radius 2 is 1.79 bits per heavy atom. The van der Waals surface area contributed by atoms with Crippen LogP contribution in [0.3, 0.4) is 0 Å². The Morgan fingerprint density at radius 1 is 1.09 bits per heavy atom. The van der Waals surface area contributed by atoms with Gasteiger partial charge in [0.25, 0.3) is 11.8 Å². The largest absolute Gasteiger partial charge is 0.489 e. The number of amides is 2. The fraction of sp³-hybridized carbons (Fsp3) is 0.0417. The molecule has 0 radical (unpaired) electrons. The van der Waals surface area contributed by atoms with Gasteiger partial charge >= 0.3 is 0 Å². The zero-order valence-corrected chi connectivity index (χ0v) is 20.4. The highest BCUT2D eigenvalue weighted by Crippen LogP contribution is 2.32. The minimum Gasteiger partial charge on any atom is -0.489 e. The average molecular weight is 533 g/mol. The number of carbonyl (C=O) groups excluding carboxylic acids is 2. The number of hydrazine groups is 1. The first-order chi connectivity index (χ1) is 16.3. The van der Waals surface area contributed by atoms with E-state index in [2.05, 4.69) is 5.43 Å². The molecule has 0 bridgehead atoms.